The first-order chi connectivity index (χ1) is 46.1. The summed E-state index contributed by atoms with van der Waals surface area (Å²) in [7, 11) is 0. The van der Waals surface area contributed by atoms with Crippen molar-refractivity contribution in [3.8, 4) is 5.75 Å². The minimum atomic E-state index is -1.42. The number of hydrogen-bond donors (Lipinski definition) is 19. The molecule has 1 heterocycles. The molecule has 0 unspecified atom stereocenters. The van der Waals surface area contributed by atoms with Crippen molar-refractivity contribution in [3.63, 3.8) is 0 Å². The fourth-order valence-corrected chi connectivity index (χ4v) is 8.68. The predicted octanol–water partition coefficient (Wildman–Crippen LogP) is 0.407. The van der Waals surface area contributed by atoms with Crippen molar-refractivity contribution in [1.29, 1.82) is 5.41 Å². The maximum Gasteiger partial charge on any atom is 0.330 e. The van der Waals surface area contributed by atoms with Crippen LogP contribution in [0.1, 0.15) is 100 Å². The highest BCUT2D eigenvalue weighted by Crippen LogP contribution is 2.27. The molecule has 98 heavy (non-hydrogen) atoms. The molecule has 29 N–H and O–H groups in total. The molecule has 0 amide bonds. The molecule has 1 saturated carbocycles. The van der Waals surface area contributed by atoms with Gasteiger partial charge in [0, 0.05) is 19.2 Å². The van der Waals surface area contributed by atoms with E-state index in [1.54, 1.807) is 30.5 Å². The molecule has 1 aliphatic rings. The average Bonchev–Trinajstić information content (AvgIpc) is 0.951. The van der Waals surface area contributed by atoms with E-state index in [0.717, 1.165) is 21.9 Å². The van der Waals surface area contributed by atoms with Gasteiger partial charge in [-0.2, -0.15) is 0 Å². The molecule has 0 bridgehead atoms. The number of esters is 4. The number of carboxylic acids is 6. The van der Waals surface area contributed by atoms with Gasteiger partial charge >= 0.3 is 59.7 Å². The first-order valence-corrected chi connectivity index (χ1v) is 31.1. The third kappa shape index (κ3) is 38.0. The molecule has 0 radical (unpaired) electrons. The van der Waals surface area contributed by atoms with Crippen LogP contribution in [-0.2, 0) is 83.1 Å². The van der Waals surface area contributed by atoms with Crippen LogP contribution in [0, 0.1) is 17.2 Å². The van der Waals surface area contributed by atoms with Crippen LogP contribution in [0.4, 0.5) is 0 Å². The number of nitrogens with zero attached hydrogens (tertiary/aromatic N) is 1. The number of rotatable bonds is 30. The molecule has 5 aromatic rings. The zero-order chi connectivity index (χ0) is 74.0. The van der Waals surface area contributed by atoms with Gasteiger partial charge in [0.15, 0.2) is 5.96 Å². The van der Waals surface area contributed by atoms with Gasteiger partial charge in [0.2, 0.25) is 0 Å². The molecule has 0 aliphatic heterocycles. The summed E-state index contributed by atoms with van der Waals surface area (Å²) >= 11 is 0. The van der Waals surface area contributed by atoms with Crippen LogP contribution < -0.4 is 67.4 Å². The first-order valence-electron chi connectivity index (χ1n) is 31.1. The number of nitrogens with one attached hydrogen (secondary N) is 3. The number of imidazole rings is 1. The van der Waals surface area contributed by atoms with Crippen molar-refractivity contribution >= 4 is 76.4 Å². The zero-order valence-corrected chi connectivity index (χ0v) is 54.8. The molecule has 0 saturated heterocycles. The summed E-state index contributed by atoms with van der Waals surface area (Å²) < 4.78 is 14.4. The number of aromatic nitrogens is 2. The number of guanidine groups is 1. The van der Waals surface area contributed by atoms with Crippen LogP contribution in [0.5, 0.6) is 5.75 Å². The van der Waals surface area contributed by atoms with Crippen molar-refractivity contribution in [2.45, 2.75) is 158 Å². The average molecular weight is 1380 g/mol. The van der Waals surface area contributed by atoms with Crippen molar-refractivity contribution in [2.24, 2.45) is 69.2 Å². The van der Waals surface area contributed by atoms with Gasteiger partial charge in [-0.15, -0.1) is 0 Å². The van der Waals surface area contributed by atoms with E-state index in [1.165, 1.54) is 38.4 Å². The predicted molar refractivity (Wildman–Crippen MR) is 360 cm³/mol. The van der Waals surface area contributed by atoms with Crippen LogP contribution in [0.3, 0.4) is 0 Å². The number of nitrogens with two attached hydrogens (primary N) is 10. The first kappa shape index (κ1) is 86.2. The molecular formula is C65H96N14O19. The number of carboxylic acid groups (broad SMARTS) is 6. The normalized spacial score (nSPS) is 14.3. The summed E-state index contributed by atoms with van der Waals surface area (Å²) in [6.45, 7) is 3.83. The van der Waals surface area contributed by atoms with Crippen molar-refractivity contribution in [1.82, 2.24) is 15.3 Å². The molecule has 0 spiro atoms. The summed E-state index contributed by atoms with van der Waals surface area (Å²) in [5, 5.41) is 63.0. The van der Waals surface area contributed by atoms with Crippen LogP contribution >= 0.6 is 0 Å². The van der Waals surface area contributed by atoms with Crippen molar-refractivity contribution in [2.75, 3.05) is 13.2 Å². The van der Waals surface area contributed by atoms with Gasteiger partial charge in [-0.3, -0.25) is 43.8 Å². The third-order valence-corrected chi connectivity index (χ3v) is 14.1. The van der Waals surface area contributed by atoms with Gasteiger partial charge in [0.1, 0.15) is 66.7 Å². The number of aliphatic carboxylic acids is 6. The van der Waals surface area contributed by atoms with E-state index in [-0.39, 0.29) is 31.1 Å². The van der Waals surface area contributed by atoms with E-state index in [9.17, 15) is 47.9 Å². The second-order valence-electron chi connectivity index (χ2n) is 23.0. The van der Waals surface area contributed by atoms with Crippen molar-refractivity contribution < 1.29 is 92.8 Å². The highest BCUT2D eigenvalue weighted by atomic mass is 16.6. The quantitative estimate of drug-likeness (QED) is 0.00739. The fraction of sp³-hybridized carbons (Fsp3) is 0.446. The fourth-order valence-electron chi connectivity index (χ4n) is 8.68. The Bertz CT molecular complexity index is 3260. The highest BCUT2D eigenvalue weighted by molar-refractivity contribution is 5.91. The van der Waals surface area contributed by atoms with E-state index < -0.39 is 127 Å². The molecule has 9 atom stereocenters. The van der Waals surface area contributed by atoms with Crippen molar-refractivity contribution in [3.05, 3.63) is 132 Å². The van der Waals surface area contributed by atoms with Crippen LogP contribution in [0.2, 0.25) is 0 Å². The summed E-state index contributed by atoms with van der Waals surface area (Å²) in [5.41, 5.74) is 57.3. The van der Waals surface area contributed by atoms with E-state index in [0.29, 0.717) is 61.6 Å². The molecule has 33 heteroatoms. The summed E-state index contributed by atoms with van der Waals surface area (Å²) in [4.78, 5) is 116. The Hall–Kier alpha value is -9.84. The maximum absolute atomic E-state index is 11.9. The molecule has 1 aromatic heterocycles. The van der Waals surface area contributed by atoms with Gasteiger partial charge in [-0.05, 0) is 96.4 Å². The van der Waals surface area contributed by atoms with Crippen LogP contribution in [-0.4, -0.2) is 174 Å². The van der Waals surface area contributed by atoms with E-state index >= 15 is 0 Å². The second-order valence-corrected chi connectivity index (χ2v) is 23.0. The Morgan fingerprint density at radius 3 is 1.62 bits per heavy atom. The SMILES string of the molecule is CC(C)C[C@H](N)C(=O)Oc1ccc(C[C@H](N)C(=O)OC[C@@H](N)C(=O)O)cc1.N=C(N)NCCC[C@@H](N)C(=O)OC(=O)C[C@H](N)C(=O)O.N[C@@H](CC1CCCCC1)C(=O)O.N[C@@H](Cc1cccc2ccccc12)C(=O)O.N[C@@H](Cc1ccccc1)C(=O)O.N[C@H](Cc1c[nH]cn1)C(=O)O. The standard InChI is InChI=1S/C18H27N3O6.C13H13NO2.C10H19N5O5.C9H17NO2.C9H11NO2.C6H9N3O2/c1-10(2)7-13(19)18(25)27-12-5-3-11(4-6-12)8-14(20)17(24)26-9-15(21)16(22)23;14-12(13(15)16)8-10-6-3-5-9-4-1-2-7-11(9)10;11-5(2-1-3-15-10(13)14)9(19)20-7(16)4-6(12)8(17)18;2*10-8(9(11)12)6-7-4-2-1-3-5-7;7-5(6(10)11)1-4-2-8-3-9-4/h3-6,10,13-15H,7-9,19-21H2,1-2H3,(H,22,23);1-7,12H,8,14H2,(H,15,16);5-6H,1-4,11-12H2,(H,17,18)(H4,13,14,15);7-8H,1-6,10H2,(H,11,12);1-5,8H,6,10H2,(H,11,12);2-3,5H,1,7H2,(H,8,9)(H,10,11)/t13-,14-,15+;12-;5-,6+;2*8-;5-/m001001/s1. The Kier molecular flexibility index (Phi) is 41.4. The lowest BCUT2D eigenvalue weighted by Crippen LogP contribution is -2.40. The minimum Gasteiger partial charge on any atom is -0.480 e. The number of carbonyl (C=O) groups is 10. The molecule has 6 rings (SSSR count). The largest absolute Gasteiger partial charge is 0.480 e. The Labute approximate surface area is 566 Å². The molecule has 33 nitrogen and oxygen atoms in total. The molecular weight excluding hydrogens is 1280 g/mol. The number of H-pyrrole nitrogens is 1. The molecule has 4 aromatic carbocycles. The van der Waals surface area contributed by atoms with Gasteiger partial charge in [0.05, 0.1) is 18.4 Å². The Morgan fingerprint density at radius 1 is 0.561 bits per heavy atom. The lowest BCUT2D eigenvalue weighted by molar-refractivity contribution is -0.162. The zero-order valence-electron chi connectivity index (χ0n) is 54.8. The molecule has 1 aliphatic carbocycles. The summed E-state index contributed by atoms with van der Waals surface area (Å²) in [5.74, 6) is -8.69. The lowest BCUT2D eigenvalue weighted by atomic mass is 9.85. The Balaban J connectivity index is 0.000000606. The van der Waals surface area contributed by atoms with Gasteiger partial charge in [-0.25, -0.2) is 14.6 Å². The number of carbonyl (C=O) groups excluding carboxylic acids is 4. The minimum absolute atomic E-state index is 0.169. The number of fused-ring (bicyclic) bond motifs is 1. The van der Waals surface area contributed by atoms with Gasteiger partial charge in [0.25, 0.3) is 0 Å². The topological polar surface area (TPSA) is 645 Å². The number of ether oxygens (including phenoxy) is 3. The molecule has 540 valence electrons. The van der Waals surface area contributed by atoms with Crippen LogP contribution in [0.15, 0.2) is 110 Å². The smallest absolute Gasteiger partial charge is 0.330 e. The van der Waals surface area contributed by atoms with E-state index in [1.807, 2.05) is 86.6 Å². The number of hydrogen-bond acceptors (Lipinski definition) is 24. The van der Waals surface area contributed by atoms with Gasteiger partial charge in [-0.1, -0.05) is 131 Å². The monoisotopic (exact) mass is 1380 g/mol. The van der Waals surface area contributed by atoms with E-state index in [2.05, 4.69) is 20.0 Å². The maximum atomic E-state index is 11.9. The Morgan fingerprint density at radius 2 is 1.08 bits per heavy atom. The summed E-state index contributed by atoms with van der Waals surface area (Å²) in [6, 6.07) is 21.0. The summed E-state index contributed by atoms with van der Waals surface area (Å²) in [6.07, 6.45) is 11.7. The number of aromatic amines is 1. The van der Waals surface area contributed by atoms with Crippen LogP contribution in [0.25, 0.3) is 10.8 Å². The molecule has 1 fully saturated rings. The van der Waals surface area contributed by atoms with Gasteiger partial charge < -0.3 is 112 Å². The second kappa shape index (κ2) is 47.1. The van der Waals surface area contributed by atoms with E-state index in [4.69, 9.17) is 103 Å². The lowest BCUT2D eigenvalue weighted by Gasteiger charge is -2.22. The highest BCUT2D eigenvalue weighted by Gasteiger charge is 2.25. The number of benzene rings is 4. The third-order valence-electron chi connectivity index (χ3n) is 14.1.